The number of benzene rings is 1. The molecule has 1 fully saturated rings. The molecule has 0 saturated carbocycles. The first kappa shape index (κ1) is 20.8. The number of hydrogen-bond donors (Lipinski definition) is 2. The van der Waals surface area contributed by atoms with Gasteiger partial charge in [-0.15, -0.1) is 0 Å². The van der Waals surface area contributed by atoms with Crippen LogP contribution in [0, 0.1) is 5.92 Å². The Morgan fingerprint density at radius 1 is 1.17 bits per heavy atom. The van der Waals surface area contributed by atoms with E-state index in [1.807, 2.05) is 0 Å². The second-order valence-corrected chi connectivity index (χ2v) is 8.51. The number of hydrogen-bond acceptors (Lipinski definition) is 6. The number of thiocarbonyl (C=S) groups is 1. The lowest BCUT2D eigenvalue weighted by Crippen LogP contribution is -2.36. The molecule has 2 N–H and O–H groups in total. The predicted molar refractivity (Wildman–Crippen MR) is 125 cm³/mol. The van der Waals surface area contributed by atoms with Gasteiger partial charge >= 0.3 is 0 Å². The number of aromatic nitrogens is 2. The maximum Gasteiger partial charge on any atom is 0.232 e. The van der Waals surface area contributed by atoms with Gasteiger partial charge in [-0.1, -0.05) is 31.2 Å². The van der Waals surface area contributed by atoms with Crippen LogP contribution in [0.2, 0.25) is 0 Å². The largest absolute Gasteiger partial charge is 0.383 e. The number of nitrogens with one attached hydrogen (secondary N) is 2. The Morgan fingerprint density at radius 2 is 1.87 bits per heavy atom. The van der Waals surface area contributed by atoms with Gasteiger partial charge in [0.25, 0.3) is 0 Å². The lowest BCUT2D eigenvalue weighted by atomic mass is 10.0. The summed E-state index contributed by atoms with van der Waals surface area (Å²) in [6.07, 6.45) is 2.46. The lowest BCUT2D eigenvalue weighted by Gasteiger charge is -2.32. The average Bonchev–Trinajstić information content (AvgIpc) is 3.18. The Hall–Kier alpha value is -2.45. The highest BCUT2D eigenvalue weighted by Crippen LogP contribution is 2.31. The second kappa shape index (κ2) is 9.57. The van der Waals surface area contributed by atoms with Crippen molar-refractivity contribution >= 4 is 34.9 Å². The van der Waals surface area contributed by atoms with Crippen LogP contribution in [-0.4, -0.2) is 48.4 Å². The van der Waals surface area contributed by atoms with Crippen molar-refractivity contribution in [3.05, 3.63) is 41.5 Å². The third-order valence-electron chi connectivity index (χ3n) is 5.66. The highest BCUT2D eigenvalue weighted by atomic mass is 32.1. The Bertz CT molecular complexity index is 867. The van der Waals surface area contributed by atoms with Gasteiger partial charge in [-0.3, -0.25) is 0 Å². The van der Waals surface area contributed by atoms with E-state index in [4.69, 9.17) is 26.9 Å². The summed E-state index contributed by atoms with van der Waals surface area (Å²) in [5.41, 5.74) is 2.71. The van der Waals surface area contributed by atoms with Gasteiger partial charge in [-0.25, -0.2) is 0 Å². The molecule has 7 nitrogen and oxygen atoms in total. The molecule has 160 valence electrons. The van der Waals surface area contributed by atoms with Crippen LogP contribution in [0.15, 0.2) is 30.3 Å². The number of rotatable bonds is 6. The van der Waals surface area contributed by atoms with Crippen molar-refractivity contribution in [2.75, 3.05) is 48.5 Å². The molecule has 3 heterocycles. The van der Waals surface area contributed by atoms with Gasteiger partial charge in [0.2, 0.25) is 5.95 Å². The summed E-state index contributed by atoms with van der Waals surface area (Å²) in [7, 11) is 1.67. The maximum absolute atomic E-state index is 5.42. The first-order valence-corrected chi connectivity index (χ1v) is 11.0. The molecule has 1 aromatic carbocycles. The zero-order valence-electron chi connectivity index (χ0n) is 17.7. The second-order valence-electron chi connectivity index (χ2n) is 8.10. The molecule has 1 saturated heterocycles. The van der Waals surface area contributed by atoms with E-state index in [-0.39, 0.29) is 0 Å². The van der Waals surface area contributed by atoms with E-state index < -0.39 is 0 Å². The molecule has 0 radical (unpaired) electrons. The minimum atomic E-state index is 0.506. The number of piperidine rings is 1. The molecule has 4 rings (SSSR count). The van der Waals surface area contributed by atoms with Gasteiger partial charge in [0.05, 0.1) is 6.61 Å². The van der Waals surface area contributed by atoms with Gasteiger partial charge in [-0.2, -0.15) is 9.97 Å². The molecule has 0 spiro atoms. The van der Waals surface area contributed by atoms with E-state index in [1.54, 1.807) is 7.11 Å². The van der Waals surface area contributed by atoms with Crippen molar-refractivity contribution in [3.8, 4) is 0 Å². The third kappa shape index (κ3) is 4.99. The van der Waals surface area contributed by atoms with Crippen LogP contribution in [0.5, 0.6) is 0 Å². The summed E-state index contributed by atoms with van der Waals surface area (Å²) in [6.45, 7) is 7.30. The van der Waals surface area contributed by atoms with E-state index in [1.165, 1.54) is 24.0 Å². The van der Waals surface area contributed by atoms with E-state index in [0.717, 1.165) is 37.8 Å². The van der Waals surface area contributed by atoms with Crippen LogP contribution in [-0.2, 0) is 17.8 Å². The van der Waals surface area contributed by atoms with E-state index >= 15 is 0 Å². The minimum Gasteiger partial charge on any atom is -0.383 e. The first-order valence-electron chi connectivity index (χ1n) is 10.6. The molecular weight excluding hydrogens is 396 g/mol. The van der Waals surface area contributed by atoms with Crippen LogP contribution in [0.1, 0.15) is 30.9 Å². The molecule has 0 amide bonds. The zero-order valence-corrected chi connectivity index (χ0v) is 18.5. The van der Waals surface area contributed by atoms with Gasteiger partial charge in [0, 0.05) is 45.9 Å². The van der Waals surface area contributed by atoms with E-state index in [9.17, 15) is 0 Å². The Kier molecular flexibility index (Phi) is 6.64. The van der Waals surface area contributed by atoms with Crippen molar-refractivity contribution < 1.29 is 4.74 Å². The van der Waals surface area contributed by atoms with Crippen LogP contribution < -0.4 is 20.4 Å². The topological polar surface area (TPSA) is 65.6 Å². The quantitative estimate of drug-likeness (QED) is 0.539. The smallest absolute Gasteiger partial charge is 0.232 e. The normalized spacial score (nSPS) is 18.3. The number of nitrogens with zero attached hydrogens (tertiary/aromatic N) is 4. The third-order valence-corrected chi connectivity index (χ3v) is 5.91. The fourth-order valence-corrected chi connectivity index (χ4v) is 4.30. The summed E-state index contributed by atoms with van der Waals surface area (Å²) >= 11 is 5.42. The number of fused-ring (bicyclic) bond motifs is 1. The van der Waals surface area contributed by atoms with Crippen LogP contribution in [0.3, 0.4) is 0 Å². The summed E-state index contributed by atoms with van der Waals surface area (Å²) in [5, 5.41) is 6.80. The molecule has 1 atom stereocenters. The van der Waals surface area contributed by atoms with Crippen LogP contribution in [0.4, 0.5) is 17.6 Å². The van der Waals surface area contributed by atoms with Crippen molar-refractivity contribution in [1.29, 1.82) is 0 Å². The summed E-state index contributed by atoms with van der Waals surface area (Å²) in [4.78, 5) is 14.3. The fraction of sp³-hybridized carbons (Fsp3) is 0.500. The first-order chi connectivity index (χ1) is 14.6. The summed E-state index contributed by atoms with van der Waals surface area (Å²) in [5.74, 6) is 3.09. The molecule has 2 aromatic rings. The molecule has 2 aliphatic rings. The van der Waals surface area contributed by atoms with E-state index in [0.29, 0.717) is 30.1 Å². The number of ether oxygens (including phenoxy) is 1. The summed E-state index contributed by atoms with van der Waals surface area (Å²) < 4.78 is 5.07. The van der Waals surface area contributed by atoms with Gasteiger partial charge < -0.3 is 25.2 Å². The monoisotopic (exact) mass is 426 g/mol. The van der Waals surface area contributed by atoms with Crippen molar-refractivity contribution in [2.45, 2.75) is 32.9 Å². The van der Waals surface area contributed by atoms with Crippen LogP contribution in [0.25, 0.3) is 0 Å². The predicted octanol–water partition coefficient (Wildman–Crippen LogP) is 3.17. The van der Waals surface area contributed by atoms with Crippen molar-refractivity contribution in [2.24, 2.45) is 5.92 Å². The standard InChI is InChI=1S/C22H30N6OS/c1-16-6-5-10-27(13-16)19-12-20(28-14-17-7-3-4-8-18(17)15-28)25-21(24-19)26-22(30)23-9-11-29-2/h3-4,7-8,12,16H,5-6,9-11,13-15H2,1-2H3,(H2,23,24,25,26,30)/t16-/m1/s1. The Balaban J connectivity index is 1.57. The number of anilines is 3. The maximum atomic E-state index is 5.42. The molecule has 0 bridgehead atoms. The highest BCUT2D eigenvalue weighted by molar-refractivity contribution is 7.80. The molecule has 1 aromatic heterocycles. The molecule has 0 aliphatic carbocycles. The highest BCUT2D eigenvalue weighted by Gasteiger charge is 2.24. The molecule has 8 heteroatoms. The summed E-state index contributed by atoms with van der Waals surface area (Å²) in [6, 6.07) is 10.7. The number of methoxy groups -OCH3 is 1. The van der Waals surface area contributed by atoms with Crippen molar-refractivity contribution in [3.63, 3.8) is 0 Å². The molecule has 0 unspecified atom stereocenters. The lowest BCUT2D eigenvalue weighted by molar-refractivity contribution is 0.204. The van der Waals surface area contributed by atoms with Gasteiger partial charge in [-0.05, 0) is 42.1 Å². The van der Waals surface area contributed by atoms with Gasteiger partial charge in [0.15, 0.2) is 5.11 Å². The van der Waals surface area contributed by atoms with Gasteiger partial charge in [0.1, 0.15) is 11.6 Å². The molecule has 30 heavy (non-hydrogen) atoms. The zero-order chi connectivity index (χ0) is 20.9. The Morgan fingerprint density at radius 3 is 2.53 bits per heavy atom. The van der Waals surface area contributed by atoms with Crippen LogP contribution >= 0.6 is 12.2 Å². The molecular formula is C22H30N6OS. The molecule has 2 aliphatic heterocycles. The SMILES string of the molecule is COCCNC(=S)Nc1nc(N2Cc3ccccc3C2)cc(N2CCC[C@@H](C)C2)n1. The average molecular weight is 427 g/mol. The fourth-order valence-electron chi connectivity index (χ4n) is 4.11. The van der Waals surface area contributed by atoms with E-state index in [2.05, 4.69) is 57.7 Å². The Labute approximate surface area is 183 Å². The minimum absolute atomic E-state index is 0.506. The van der Waals surface area contributed by atoms with Crippen molar-refractivity contribution in [1.82, 2.24) is 15.3 Å².